The van der Waals surface area contributed by atoms with Crippen LogP contribution in [0.3, 0.4) is 0 Å². The first-order valence-corrected chi connectivity index (χ1v) is 17.9. The first-order valence-electron chi connectivity index (χ1n) is 14.3. The number of hydrogen-bond acceptors (Lipinski definition) is 18. The van der Waals surface area contributed by atoms with E-state index in [-0.39, 0.29) is 39.3 Å². The molecule has 4 heterocycles. The Morgan fingerprint density at radius 3 is 2.47 bits per heavy atom. The molecule has 0 radical (unpaired) electrons. The van der Waals surface area contributed by atoms with Gasteiger partial charge in [-0.3, -0.25) is 24.1 Å². The van der Waals surface area contributed by atoms with Crippen molar-refractivity contribution < 1.29 is 53.3 Å². The summed E-state index contributed by atoms with van der Waals surface area (Å²) in [5.41, 5.74) is 5.14. The van der Waals surface area contributed by atoms with Crippen LogP contribution in [-0.4, -0.2) is 88.9 Å². The molecule has 1 aromatic carbocycles. The number of nitrogens with zero attached hydrogens (tertiary/aromatic N) is 5. The minimum atomic E-state index is -1.89. The number of allylic oxidation sites excluding steroid dienone is 1. The van der Waals surface area contributed by atoms with Crippen LogP contribution in [0.1, 0.15) is 36.2 Å². The average Bonchev–Trinajstić information content (AvgIpc) is 3.68. The number of carboxylic acids is 2. The van der Waals surface area contributed by atoms with Crippen LogP contribution < -0.4 is 20.5 Å². The molecule has 51 heavy (non-hydrogen) atoms. The number of thiazole rings is 1. The maximum absolute atomic E-state index is 13.6. The van der Waals surface area contributed by atoms with Gasteiger partial charge in [0.05, 0.1) is 0 Å². The summed E-state index contributed by atoms with van der Waals surface area (Å²) in [5, 5.41) is 37.2. The maximum Gasteiger partial charge on any atom is 0.352 e. The van der Waals surface area contributed by atoms with Crippen molar-refractivity contribution in [2.45, 2.75) is 42.6 Å². The molecule has 0 bridgehead atoms. The third-order valence-corrected chi connectivity index (χ3v) is 10.4. The number of nitrogens with one attached hydrogen (secondary N) is 1. The molecule has 3 atom stereocenters. The van der Waals surface area contributed by atoms with Gasteiger partial charge < -0.3 is 35.6 Å². The zero-order valence-electron chi connectivity index (χ0n) is 26.4. The minimum absolute atomic E-state index is 0.0392. The molecule has 0 saturated carbocycles. The number of nitrogens with two attached hydrogens (primary N) is 1. The summed E-state index contributed by atoms with van der Waals surface area (Å²) in [6, 6.07) is 2.30. The fraction of sp³-hybridized carbons (Fsp3) is 0.241. The van der Waals surface area contributed by atoms with Crippen LogP contribution in [0, 0.1) is 6.92 Å². The van der Waals surface area contributed by atoms with Gasteiger partial charge in [0.15, 0.2) is 26.7 Å². The lowest BCUT2D eigenvalue weighted by Gasteiger charge is -2.49. The summed E-state index contributed by atoms with van der Waals surface area (Å²) in [4.78, 5) is 85.0. The number of benzene rings is 1. The number of anilines is 1. The summed E-state index contributed by atoms with van der Waals surface area (Å²) in [6.07, 6.45) is -0.303. The molecule has 0 aliphatic carbocycles. The number of aryl methyl sites for hydroxylation is 1. The van der Waals surface area contributed by atoms with Crippen LogP contribution in [0.4, 0.5) is 5.13 Å². The van der Waals surface area contributed by atoms with Crippen LogP contribution >= 0.6 is 46.2 Å². The number of esters is 2. The number of hydrogen-bond donors (Lipinski definition) is 4. The van der Waals surface area contributed by atoms with E-state index < -0.39 is 58.9 Å². The lowest BCUT2D eigenvalue weighted by molar-refractivity contribution is -0.151. The normalized spacial score (nSPS) is 17.7. The number of β-lactam (4-membered cyclic amide) rings is 1. The Hall–Kier alpha value is -5.32. The van der Waals surface area contributed by atoms with Crippen LogP contribution in [-0.2, 0) is 33.6 Å². The Morgan fingerprint density at radius 1 is 1.14 bits per heavy atom. The second-order valence-electron chi connectivity index (χ2n) is 10.3. The Kier molecular flexibility index (Phi) is 11.4. The van der Waals surface area contributed by atoms with Crippen LogP contribution in [0.25, 0.3) is 0 Å². The number of carboxylic acid groups (broad SMARTS) is 2. The van der Waals surface area contributed by atoms with Crippen molar-refractivity contribution in [3.63, 3.8) is 0 Å². The first-order chi connectivity index (χ1) is 24.2. The fourth-order valence-electron chi connectivity index (χ4n) is 4.60. The molecular formula is C29H25N7O11S4. The van der Waals surface area contributed by atoms with Gasteiger partial charge in [-0.05, 0) is 36.1 Å². The van der Waals surface area contributed by atoms with E-state index in [9.17, 15) is 39.0 Å². The van der Waals surface area contributed by atoms with E-state index in [2.05, 4.69) is 25.7 Å². The predicted molar refractivity (Wildman–Crippen MR) is 183 cm³/mol. The number of amides is 2. The summed E-state index contributed by atoms with van der Waals surface area (Å²) in [5.74, 6) is -6.37. The predicted octanol–water partition coefficient (Wildman–Crippen LogP) is 2.33. The van der Waals surface area contributed by atoms with Crippen molar-refractivity contribution in [1.82, 2.24) is 25.4 Å². The van der Waals surface area contributed by atoms with Gasteiger partial charge in [0.25, 0.3) is 11.8 Å². The number of ether oxygens (including phenoxy) is 2. The molecule has 18 nitrogen and oxygen atoms in total. The van der Waals surface area contributed by atoms with Crippen molar-refractivity contribution >= 4 is 92.7 Å². The highest BCUT2D eigenvalue weighted by Crippen LogP contribution is 2.41. The van der Waals surface area contributed by atoms with E-state index in [4.69, 9.17) is 20.0 Å². The van der Waals surface area contributed by atoms with Crippen LogP contribution in [0.5, 0.6) is 11.5 Å². The van der Waals surface area contributed by atoms with E-state index >= 15 is 0 Å². The van der Waals surface area contributed by atoms with E-state index in [1.807, 2.05) is 0 Å². The second kappa shape index (κ2) is 15.7. The second-order valence-corrected chi connectivity index (χ2v) is 14.6. The number of fused-ring (bicyclic) bond motifs is 1. The number of rotatable bonds is 13. The smallest absolute Gasteiger partial charge is 0.352 e. The number of thioether (sulfide) groups is 2. The molecule has 0 unspecified atom stereocenters. The zero-order chi connectivity index (χ0) is 37.0. The highest BCUT2D eigenvalue weighted by molar-refractivity contribution is 8.03. The summed E-state index contributed by atoms with van der Waals surface area (Å²) >= 11 is 4.79. The quantitative estimate of drug-likeness (QED) is 0.0485. The standard InChI is InChI=1S/C29H25N7O11S4/c1-11-33-34-29(51-11)48-7-6-15-9-49-25-20(24(40)36(25)21(15)26(41)42)32-23(39)19(16-10-50-28(30)31-16)35-47-22(27(43)44)14-4-5-17(45-12(2)37)18(8-14)46-13(3)38/h4-8,10,20,22,25H,9H2,1-3H3,(H2,30,31)(H,32,39)(H,41,42)(H,43,44)/b7-6+,35-19-/t20-,22-,25+/m1/s1. The molecular weight excluding hydrogens is 751 g/mol. The largest absolute Gasteiger partial charge is 0.478 e. The SMILES string of the molecule is CC(=O)Oc1ccc([C@@H](O/N=C(\C(=O)N[C@@H]2C(=O)N3C(C(=O)O)=C(/C=C/Sc4nnc(C)s4)CS[C@@H]23)c2csc(N)n2)C(=O)O)cc1OC(C)=O. The third kappa shape index (κ3) is 8.53. The monoisotopic (exact) mass is 775 g/mol. The fourth-order valence-corrected chi connectivity index (χ4v) is 8.04. The van der Waals surface area contributed by atoms with Crippen LogP contribution in [0.2, 0.25) is 0 Å². The number of carbonyl (C=O) groups excluding carboxylic acids is 4. The third-order valence-electron chi connectivity index (χ3n) is 6.66. The Balaban J connectivity index is 1.37. The van der Waals surface area contributed by atoms with E-state index in [0.717, 1.165) is 41.2 Å². The van der Waals surface area contributed by atoms with Crippen molar-refractivity contribution in [2.24, 2.45) is 5.16 Å². The summed E-state index contributed by atoms with van der Waals surface area (Å²) < 4.78 is 10.7. The van der Waals surface area contributed by atoms with E-state index in [0.29, 0.717) is 9.91 Å². The summed E-state index contributed by atoms with van der Waals surface area (Å²) in [6.45, 7) is 4.00. The molecule has 0 spiro atoms. The minimum Gasteiger partial charge on any atom is -0.478 e. The molecule has 5 rings (SSSR count). The Morgan fingerprint density at radius 2 is 1.86 bits per heavy atom. The number of aromatic nitrogens is 3. The molecule has 2 aliphatic heterocycles. The van der Waals surface area contributed by atoms with Crippen LogP contribution in [0.15, 0.2) is 55.8 Å². The van der Waals surface area contributed by atoms with Gasteiger partial charge in [-0.1, -0.05) is 34.3 Å². The van der Waals surface area contributed by atoms with Crippen molar-refractivity contribution in [1.29, 1.82) is 0 Å². The lowest BCUT2D eigenvalue weighted by atomic mass is 10.0. The molecule has 1 saturated heterocycles. The number of aliphatic carboxylic acids is 2. The maximum atomic E-state index is 13.6. The molecule has 2 aromatic heterocycles. The number of carbonyl (C=O) groups is 6. The topological polar surface area (TPSA) is 263 Å². The van der Waals surface area contributed by atoms with Crippen molar-refractivity contribution in [3.05, 3.63) is 62.6 Å². The molecule has 5 N–H and O–H groups in total. The molecule has 2 amide bonds. The van der Waals surface area contributed by atoms with Gasteiger partial charge in [0, 0.05) is 30.5 Å². The van der Waals surface area contributed by atoms with Gasteiger partial charge >= 0.3 is 23.9 Å². The van der Waals surface area contributed by atoms with Gasteiger partial charge in [-0.15, -0.1) is 33.3 Å². The van der Waals surface area contributed by atoms with Gasteiger partial charge in [-0.2, -0.15) is 0 Å². The molecule has 266 valence electrons. The van der Waals surface area contributed by atoms with Gasteiger partial charge in [0.2, 0.25) is 6.10 Å². The molecule has 1 fully saturated rings. The molecule has 2 aliphatic rings. The highest BCUT2D eigenvalue weighted by atomic mass is 32.2. The average molecular weight is 776 g/mol. The summed E-state index contributed by atoms with van der Waals surface area (Å²) in [7, 11) is 0. The number of nitrogen functional groups attached to an aromatic ring is 1. The van der Waals surface area contributed by atoms with Crippen molar-refractivity contribution in [2.75, 3.05) is 11.5 Å². The van der Waals surface area contributed by atoms with Crippen molar-refractivity contribution in [3.8, 4) is 11.5 Å². The van der Waals surface area contributed by atoms with Gasteiger partial charge in [0.1, 0.15) is 27.8 Å². The lowest BCUT2D eigenvalue weighted by Crippen LogP contribution is -2.71. The van der Waals surface area contributed by atoms with Gasteiger partial charge in [-0.25, -0.2) is 14.6 Å². The Bertz CT molecular complexity index is 2030. The first kappa shape index (κ1) is 36.9. The zero-order valence-corrected chi connectivity index (χ0v) is 29.7. The molecule has 22 heteroatoms. The molecule has 3 aromatic rings. The van der Waals surface area contributed by atoms with E-state index in [1.54, 1.807) is 18.4 Å². The Labute approximate surface area is 303 Å². The van der Waals surface area contributed by atoms with E-state index in [1.165, 1.54) is 52.4 Å². The number of oxime groups is 1. The highest BCUT2D eigenvalue weighted by Gasteiger charge is 2.54.